The van der Waals surface area contributed by atoms with Crippen LogP contribution in [0, 0.1) is 6.92 Å². The Morgan fingerprint density at radius 1 is 1.42 bits per heavy atom. The SMILES string of the molecule is CCNC(=O)[C@@H]1C[C@H](NC(=O)c2ccc[nH]2)CN1C(=O)c1cnc(C)s1. The molecule has 1 aliphatic rings. The van der Waals surface area contributed by atoms with Gasteiger partial charge in [-0.05, 0) is 32.4 Å². The lowest BCUT2D eigenvalue weighted by Crippen LogP contribution is -2.45. The predicted octanol–water partition coefficient (Wildman–Crippen LogP) is 0.929. The highest BCUT2D eigenvalue weighted by atomic mass is 32.1. The summed E-state index contributed by atoms with van der Waals surface area (Å²) in [6.07, 6.45) is 3.58. The fourth-order valence-corrected chi connectivity index (χ4v) is 3.78. The van der Waals surface area contributed by atoms with E-state index in [0.29, 0.717) is 23.5 Å². The zero-order valence-electron chi connectivity index (χ0n) is 14.6. The lowest BCUT2D eigenvalue weighted by molar-refractivity contribution is -0.124. The summed E-state index contributed by atoms with van der Waals surface area (Å²) in [6, 6.07) is 2.51. The standard InChI is InChI=1S/C17H21N5O3S/c1-3-18-16(24)13-7-11(21-15(23)12-5-4-6-19-12)9-22(13)17(25)14-8-20-10(2)26-14/h4-6,8,11,13,19H,3,7,9H2,1-2H3,(H,18,24)(H,21,23)/t11-,13-/m0/s1. The molecule has 0 bridgehead atoms. The minimum absolute atomic E-state index is 0.210. The molecule has 0 aromatic carbocycles. The molecule has 138 valence electrons. The largest absolute Gasteiger partial charge is 0.357 e. The number of thiazole rings is 1. The highest BCUT2D eigenvalue weighted by Crippen LogP contribution is 2.23. The van der Waals surface area contributed by atoms with Crippen LogP contribution in [0.5, 0.6) is 0 Å². The highest BCUT2D eigenvalue weighted by Gasteiger charge is 2.40. The van der Waals surface area contributed by atoms with Gasteiger partial charge in [0.05, 0.1) is 11.2 Å². The van der Waals surface area contributed by atoms with Crippen molar-refractivity contribution in [2.24, 2.45) is 0 Å². The third-order valence-electron chi connectivity index (χ3n) is 4.23. The zero-order valence-corrected chi connectivity index (χ0v) is 15.4. The Morgan fingerprint density at radius 2 is 2.23 bits per heavy atom. The molecule has 3 rings (SSSR count). The Hall–Kier alpha value is -2.68. The number of hydrogen-bond acceptors (Lipinski definition) is 5. The molecule has 9 heteroatoms. The molecule has 3 heterocycles. The van der Waals surface area contributed by atoms with Crippen LogP contribution < -0.4 is 10.6 Å². The van der Waals surface area contributed by atoms with E-state index in [4.69, 9.17) is 0 Å². The van der Waals surface area contributed by atoms with Gasteiger partial charge in [0, 0.05) is 25.3 Å². The molecule has 0 spiro atoms. The van der Waals surface area contributed by atoms with Crippen molar-refractivity contribution in [3.8, 4) is 0 Å². The lowest BCUT2D eigenvalue weighted by atomic mass is 10.1. The number of rotatable bonds is 5. The fourth-order valence-electron chi connectivity index (χ4n) is 3.04. The first kappa shape index (κ1) is 18.1. The van der Waals surface area contributed by atoms with Crippen molar-refractivity contribution >= 4 is 29.1 Å². The maximum absolute atomic E-state index is 12.8. The number of likely N-dealkylation sites (N-methyl/N-ethyl adjacent to an activating group) is 1. The zero-order chi connectivity index (χ0) is 18.7. The number of hydrogen-bond donors (Lipinski definition) is 3. The van der Waals surface area contributed by atoms with Crippen LogP contribution in [-0.2, 0) is 4.79 Å². The van der Waals surface area contributed by atoms with Crippen molar-refractivity contribution < 1.29 is 14.4 Å². The van der Waals surface area contributed by atoms with Gasteiger partial charge in [0.2, 0.25) is 5.91 Å². The average molecular weight is 375 g/mol. The number of carbonyl (C=O) groups excluding carboxylic acids is 3. The first-order valence-electron chi connectivity index (χ1n) is 8.45. The summed E-state index contributed by atoms with van der Waals surface area (Å²) >= 11 is 1.30. The van der Waals surface area contributed by atoms with Gasteiger partial charge in [0.1, 0.15) is 16.6 Å². The number of aryl methyl sites for hydroxylation is 1. The Labute approximate surface area is 155 Å². The van der Waals surface area contributed by atoms with Gasteiger partial charge < -0.3 is 20.5 Å². The van der Waals surface area contributed by atoms with Crippen molar-refractivity contribution in [2.45, 2.75) is 32.4 Å². The second kappa shape index (κ2) is 7.69. The molecule has 2 aromatic heterocycles. The van der Waals surface area contributed by atoms with Crippen molar-refractivity contribution in [1.29, 1.82) is 0 Å². The molecule has 1 saturated heterocycles. The van der Waals surface area contributed by atoms with Crippen molar-refractivity contribution in [3.63, 3.8) is 0 Å². The van der Waals surface area contributed by atoms with Gasteiger partial charge in [-0.3, -0.25) is 14.4 Å². The van der Waals surface area contributed by atoms with Crippen LogP contribution in [0.25, 0.3) is 0 Å². The second-order valence-electron chi connectivity index (χ2n) is 6.10. The third kappa shape index (κ3) is 3.77. The van der Waals surface area contributed by atoms with Crippen LogP contribution in [0.4, 0.5) is 0 Å². The third-order valence-corrected chi connectivity index (χ3v) is 5.13. The number of amides is 3. The van der Waals surface area contributed by atoms with Gasteiger partial charge in [-0.15, -0.1) is 11.3 Å². The summed E-state index contributed by atoms with van der Waals surface area (Å²) in [5, 5.41) is 6.45. The van der Waals surface area contributed by atoms with Crippen molar-refractivity contribution in [1.82, 2.24) is 25.5 Å². The van der Waals surface area contributed by atoms with Crippen molar-refractivity contribution in [2.75, 3.05) is 13.1 Å². The lowest BCUT2D eigenvalue weighted by Gasteiger charge is -2.22. The molecule has 26 heavy (non-hydrogen) atoms. The highest BCUT2D eigenvalue weighted by molar-refractivity contribution is 7.13. The molecule has 0 aliphatic carbocycles. The molecule has 0 saturated carbocycles. The molecule has 3 N–H and O–H groups in total. The maximum Gasteiger partial charge on any atom is 0.267 e. The molecule has 0 radical (unpaired) electrons. The number of H-pyrrole nitrogens is 1. The normalized spacial score (nSPS) is 19.4. The van der Waals surface area contributed by atoms with Crippen LogP contribution in [0.2, 0.25) is 0 Å². The van der Waals surface area contributed by atoms with Gasteiger partial charge in [-0.2, -0.15) is 0 Å². The summed E-state index contributed by atoms with van der Waals surface area (Å²) in [5.41, 5.74) is 0.447. The van der Waals surface area contributed by atoms with E-state index in [1.807, 2.05) is 13.8 Å². The molecule has 3 amide bonds. The van der Waals surface area contributed by atoms with Gasteiger partial charge in [-0.1, -0.05) is 0 Å². The Kier molecular flexibility index (Phi) is 5.36. The summed E-state index contributed by atoms with van der Waals surface area (Å²) in [6.45, 7) is 4.42. The van der Waals surface area contributed by atoms with Crippen LogP contribution in [-0.4, -0.2) is 57.8 Å². The second-order valence-corrected chi connectivity index (χ2v) is 7.34. The van der Waals surface area contributed by atoms with Gasteiger partial charge in [-0.25, -0.2) is 4.98 Å². The van der Waals surface area contributed by atoms with E-state index in [2.05, 4.69) is 20.6 Å². The summed E-state index contributed by atoms with van der Waals surface area (Å²) in [7, 11) is 0. The Bertz CT molecular complexity index is 801. The summed E-state index contributed by atoms with van der Waals surface area (Å²) in [4.78, 5) is 46.5. The monoisotopic (exact) mass is 375 g/mol. The van der Waals surface area contributed by atoms with Gasteiger partial charge in [0.15, 0.2) is 0 Å². The van der Waals surface area contributed by atoms with Crippen LogP contribution in [0.1, 0.15) is 38.5 Å². The van der Waals surface area contributed by atoms with E-state index in [1.54, 1.807) is 18.3 Å². The van der Waals surface area contributed by atoms with Crippen LogP contribution >= 0.6 is 11.3 Å². The van der Waals surface area contributed by atoms with E-state index in [1.165, 1.54) is 22.4 Å². The number of aromatic nitrogens is 2. The summed E-state index contributed by atoms with van der Waals surface area (Å²) < 4.78 is 0. The summed E-state index contributed by atoms with van der Waals surface area (Å²) in [5.74, 6) is -0.695. The molecule has 8 nitrogen and oxygen atoms in total. The number of nitrogens with zero attached hydrogens (tertiary/aromatic N) is 2. The number of carbonyl (C=O) groups is 3. The molecule has 1 fully saturated rings. The molecule has 2 aromatic rings. The van der Waals surface area contributed by atoms with E-state index >= 15 is 0 Å². The Morgan fingerprint density at radius 3 is 2.85 bits per heavy atom. The quantitative estimate of drug-likeness (QED) is 0.722. The van der Waals surface area contributed by atoms with Gasteiger partial charge in [0.25, 0.3) is 11.8 Å². The van der Waals surface area contributed by atoms with E-state index in [9.17, 15) is 14.4 Å². The first-order chi connectivity index (χ1) is 12.5. The molecule has 0 unspecified atom stereocenters. The molecular formula is C17H21N5O3S. The van der Waals surface area contributed by atoms with E-state index < -0.39 is 6.04 Å². The maximum atomic E-state index is 12.8. The Balaban J connectivity index is 1.75. The van der Waals surface area contributed by atoms with E-state index in [0.717, 1.165) is 5.01 Å². The number of nitrogens with one attached hydrogen (secondary N) is 3. The predicted molar refractivity (Wildman–Crippen MR) is 97.0 cm³/mol. The van der Waals surface area contributed by atoms with E-state index in [-0.39, 0.29) is 30.3 Å². The van der Waals surface area contributed by atoms with Gasteiger partial charge >= 0.3 is 0 Å². The molecular weight excluding hydrogens is 354 g/mol. The molecule has 1 aliphatic heterocycles. The van der Waals surface area contributed by atoms with Crippen molar-refractivity contribution in [3.05, 3.63) is 40.1 Å². The fraction of sp³-hybridized carbons (Fsp3) is 0.412. The topological polar surface area (TPSA) is 107 Å². The average Bonchev–Trinajstić information content (AvgIpc) is 3.34. The first-order valence-corrected chi connectivity index (χ1v) is 9.26. The van der Waals surface area contributed by atoms with Crippen LogP contribution in [0.3, 0.4) is 0 Å². The minimum Gasteiger partial charge on any atom is -0.357 e. The smallest absolute Gasteiger partial charge is 0.267 e. The van der Waals surface area contributed by atoms with Crippen LogP contribution in [0.15, 0.2) is 24.5 Å². The minimum atomic E-state index is -0.612. The number of likely N-dealkylation sites (tertiary alicyclic amines) is 1. The molecule has 2 atom stereocenters. The number of aromatic amines is 1.